The minimum atomic E-state index is -0.836. The van der Waals surface area contributed by atoms with Gasteiger partial charge in [0.25, 0.3) is 5.91 Å². The number of halogens is 1. The second kappa shape index (κ2) is 8.50. The Labute approximate surface area is 156 Å². The maximum absolute atomic E-state index is 13.7. The Balaban J connectivity index is 1.51. The zero-order valence-electron chi connectivity index (χ0n) is 14.7. The summed E-state index contributed by atoms with van der Waals surface area (Å²) in [6, 6.07) is 11.5. The van der Waals surface area contributed by atoms with Gasteiger partial charge in [-0.25, -0.2) is 4.39 Å². The van der Waals surface area contributed by atoms with Gasteiger partial charge in [0.1, 0.15) is 5.82 Å². The van der Waals surface area contributed by atoms with Crippen LogP contribution in [0, 0.1) is 5.82 Å². The van der Waals surface area contributed by atoms with Gasteiger partial charge >= 0.3 is 0 Å². The van der Waals surface area contributed by atoms with Crippen molar-refractivity contribution >= 4 is 28.9 Å². The number of primary amides is 1. The van der Waals surface area contributed by atoms with Gasteiger partial charge in [-0.15, -0.1) is 0 Å². The second-order valence-corrected chi connectivity index (χ2v) is 6.11. The Bertz CT molecular complexity index is 820. The molecule has 0 spiro atoms. The molecule has 0 unspecified atom stereocenters. The molecule has 0 aliphatic carbocycles. The van der Waals surface area contributed by atoms with Crippen LogP contribution < -0.4 is 21.3 Å². The van der Waals surface area contributed by atoms with E-state index in [1.807, 2.05) is 24.3 Å². The normalized spacial score (nSPS) is 13.9. The Hall–Kier alpha value is -3.13. The molecule has 1 saturated heterocycles. The summed E-state index contributed by atoms with van der Waals surface area (Å²) in [4.78, 5) is 25.3. The predicted octanol–water partition coefficient (Wildman–Crippen LogP) is 1.81. The van der Waals surface area contributed by atoms with E-state index in [1.165, 1.54) is 12.1 Å². The van der Waals surface area contributed by atoms with Gasteiger partial charge in [0.15, 0.2) is 0 Å². The first kappa shape index (κ1) is 18.7. The molecule has 0 saturated carbocycles. The van der Waals surface area contributed by atoms with Gasteiger partial charge in [-0.2, -0.15) is 0 Å². The molecule has 4 N–H and O–H groups in total. The van der Waals surface area contributed by atoms with Crippen molar-refractivity contribution in [2.24, 2.45) is 5.73 Å². The van der Waals surface area contributed by atoms with Crippen LogP contribution in [-0.4, -0.2) is 44.7 Å². The van der Waals surface area contributed by atoms with Gasteiger partial charge in [-0.05, 0) is 42.5 Å². The molecule has 7 nitrogen and oxygen atoms in total. The van der Waals surface area contributed by atoms with Crippen molar-refractivity contribution in [2.45, 2.75) is 0 Å². The van der Waals surface area contributed by atoms with Crippen molar-refractivity contribution in [1.82, 2.24) is 0 Å². The third kappa shape index (κ3) is 4.95. The van der Waals surface area contributed by atoms with E-state index in [1.54, 1.807) is 0 Å². The van der Waals surface area contributed by atoms with Crippen LogP contribution in [0.1, 0.15) is 10.4 Å². The van der Waals surface area contributed by atoms with E-state index in [4.69, 9.17) is 10.5 Å². The molecular weight excluding hydrogens is 351 g/mol. The van der Waals surface area contributed by atoms with Crippen LogP contribution in [0.3, 0.4) is 0 Å². The summed E-state index contributed by atoms with van der Waals surface area (Å²) < 4.78 is 19.0. The minimum absolute atomic E-state index is 0.0411. The number of anilines is 3. The first-order valence-electron chi connectivity index (χ1n) is 8.59. The molecule has 2 aromatic rings. The van der Waals surface area contributed by atoms with Crippen LogP contribution in [0.4, 0.5) is 21.5 Å². The van der Waals surface area contributed by atoms with Crippen molar-refractivity contribution in [2.75, 3.05) is 48.4 Å². The van der Waals surface area contributed by atoms with Gasteiger partial charge in [0.2, 0.25) is 5.91 Å². The van der Waals surface area contributed by atoms with Crippen LogP contribution in [0.25, 0.3) is 0 Å². The zero-order chi connectivity index (χ0) is 19.2. The van der Waals surface area contributed by atoms with Crippen LogP contribution >= 0.6 is 0 Å². The van der Waals surface area contributed by atoms with Crippen LogP contribution in [0.15, 0.2) is 42.5 Å². The number of hydrogen-bond acceptors (Lipinski definition) is 5. The summed E-state index contributed by atoms with van der Waals surface area (Å²) >= 11 is 0. The van der Waals surface area contributed by atoms with E-state index in [0.29, 0.717) is 24.6 Å². The number of hydrogen-bond donors (Lipinski definition) is 3. The monoisotopic (exact) mass is 372 g/mol. The number of carbonyl (C=O) groups excluding carboxylic acids is 2. The largest absolute Gasteiger partial charge is 0.378 e. The number of nitrogens with zero attached hydrogens (tertiary/aromatic N) is 1. The van der Waals surface area contributed by atoms with Crippen LogP contribution in [0.2, 0.25) is 0 Å². The lowest BCUT2D eigenvalue weighted by Crippen LogP contribution is -2.36. The summed E-state index contributed by atoms with van der Waals surface area (Å²) in [6.45, 7) is 3.08. The third-order valence-corrected chi connectivity index (χ3v) is 4.21. The molecule has 142 valence electrons. The first-order valence-corrected chi connectivity index (χ1v) is 8.59. The number of amides is 2. The molecule has 0 radical (unpaired) electrons. The third-order valence-electron chi connectivity index (χ3n) is 4.21. The smallest absolute Gasteiger partial charge is 0.251 e. The maximum Gasteiger partial charge on any atom is 0.251 e. The minimum Gasteiger partial charge on any atom is -0.378 e. The molecule has 27 heavy (non-hydrogen) atoms. The van der Waals surface area contributed by atoms with Crippen molar-refractivity contribution in [3.05, 3.63) is 53.8 Å². The van der Waals surface area contributed by atoms with Gasteiger partial charge in [-0.1, -0.05) is 0 Å². The highest BCUT2D eigenvalue weighted by Gasteiger charge is 2.12. The summed E-state index contributed by atoms with van der Waals surface area (Å²) in [5.41, 5.74) is 7.01. The van der Waals surface area contributed by atoms with E-state index >= 15 is 0 Å². The summed E-state index contributed by atoms with van der Waals surface area (Å²) in [5.74, 6) is -1.84. The summed E-state index contributed by atoms with van der Waals surface area (Å²) in [7, 11) is 0. The Morgan fingerprint density at radius 3 is 2.37 bits per heavy atom. The number of rotatable bonds is 6. The van der Waals surface area contributed by atoms with Gasteiger partial charge in [0.05, 0.1) is 25.3 Å². The zero-order valence-corrected chi connectivity index (χ0v) is 14.7. The topological polar surface area (TPSA) is 96.7 Å². The number of carbonyl (C=O) groups is 2. The Morgan fingerprint density at radius 1 is 1.07 bits per heavy atom. The van der Waals surface area contributed by atoms with E-state index in [2.05, 4.69) is 15.5 Å². The maximum atomic E-state index is 13.7. The quantitative estimate of drug-likeness (QED) is 0.719. The fraction of sp³-hybridized carbons (Fsp3) is 0.263. The van der Waals surface area contributed by atoms with Gasteiger partial charge < -0.3 is 26.0 Å². The highest BCUT2D eigenvalue weighted by Crippen LogP contribution is 2.19. The standard InChI is InChI=1S/C19H21FN4O3/c20-17-11-14(3-6-16(17)19(21)26)22-12-18(25)23-13-1-4-15(5-2-13)24-7-9-27-10-8-24/h1-6,11,22H,7-10,12H2,(H2,21,26)(H,23,25). The number of morpholine rings is 1. The van der Waals surface area contributed by atoms with Crippen LogP contribution in [0.5, 0.6) is 0 Å². The fourth-order valence-electron chi connectivity index (χ4n) is 2.79. The van der Waals surface area contributed by atoms with Crippen molar-refractivity contribution in [3.8, 4) is 0 Å². The van der Waals surface area contributed by atoms with E-state index < -0.39 is 11.7 Å². The predicted molar refractivity (Wildman–Crippen MR) is 102 cm³/mol. The molecule has 2 aromatic carbocycles. The van der Waals surface area contributed by atoms with E-state index in [9.17, 15) is 14.0 Å². The molecule has 1 heterocycles. The van der Waals surface area contributed by atoms with Crippen LogP contribution in [-0.2, 0) is 9.53 Å². The molecular formula is C19H21FN4O3. The Morgan fingerprint density at radius 2 is 1.74 bits per heavy atom. The summed E-state index contributed by atoms with van der Waals surface area (Å²) in [5, 5.41) is 5.58. The highest BCUT2D eigenvalue weighted by atomic mass is 19.1. The highest BCUT2D eigenvalue weighted by molar-refractivity contribution is 5.95. The molecule has 2 amide bonds. The number of benzene rings is 2. The fourth-order valence-corrected chi connectivity index (χ4v) is 2.79. The molecule has 3 rings (SSSR count). The molecule has 1 fully saturated rings. The molecule has 0 aromatic heterocycles. The van der Waals surface area contributed by atoms with Crippen molar-refractivity contribution in [1.29, 1.82) is 0 Å². The van der Waals surface area contributed by atoms with Gasteiger partial charge in [-0.3, -0.25) is 9.59 Å². The van der Waals surface area contributed by atoms with E-state index in [-0.39, 0.29) is 18.0 Å². The first-order chi connectivity index (χ1) is 13.0. The summed E-state index contributed by atoms with van der Waals surface area (Å²) in [6.07, 6.45) is 0. The Kier molecular flexibility index (Phi) is 5.87. The average molecular weight is 372 g/mol. The van der Waals surface area contributed by atoms with Crippen molar-refractivity contribution < 1.29 is 18.7 Å². The molecule has 8 heteroatoms. The van der Waals surface area contributed by atoms with E-state index in [0.717, 1.165) is 24.8 Å². The lowest BCUT2D eigenvalue weighted by atomic mass is 10.2. The number of nitrogens with two attached hydrogens (primary N) is 1. The van der Waals surface area contributed by atoms with Gasteiger partial charge in [0, 0.05) is 30.2 Å². The molecule has 0 bridgehead atoms. The number of nitrogens with one attached hydrogen (secondary N) is 2. The SMILES string of the molecule is NC(=O)c1ccc(NCC(=O)Nc2ccc(N3CCOCC3)cc2)cc1F. The lowest BCUT2D eigenvalue weighted by Gasteiger charge is -2.28. The average Bonchev–Trinajstić information content (AvgIpc) is 2.67. The molecule has 0 atom stereocenters. The van der Waals surface area contributed by atoms with Crippen molar-refractivity contribution in [3.63, 3.8) is 0 Å². The molecule has 1 aliphatic rings. The molecule has 1 aliphatic heterocycles. The number of ether oxygens (including phenoxy) is 1. The lowest BCUT2D eigenvalue weighted by molar-refractivity contribution is -0.114. The second-order valence-electron chi connectivity index (χ2n) is 6.11.